The van der Waals surface area contributed by atoms with E-state index in [0.717, 1.165) is 0 Å². The molecule has 1 N–H and O–H groups in total. The largest absolute Gasteiger partial charge is 0.347 e. The molecule has 21 heavy (non-hydrogen) atoms. The van der Waals surface area contributed by atoms with Crippen LogP contribution >= 0.6 is 11.6 Å². The van der Waals surface area contributed by atoms with Gasteiger partial charge in [-0.1, -0.05) is 11.6 Å². The van der Waals surface area contributed by atoms with Gasteiger partial charge in [0, 0.05) is 32.3 Å². The number of carbonyl (C=O) groups excluding carboxylic acids is 2. The van der Waals surface area contributed by atoms with Crippen LogP contribution in [0.4, 0.5) is 5.69 Å². The predicted molar refractivity (Wildman–Crippen MR) is 74.0 cm³/mol. The molecule has 0 aliphatic carbocycles. The number of rotatable bonds is 3. The smallest absolute Gasteiger partial charge is 0.319 e. The maximum atomic E-state index is 12.2. The number of nitrogens with zero attached hydrogens (tertiary/aromatic N) is 3. The van der Waals surface area contributed by atoms with Gasteiger partial charge in [0.2, 0.25) is 11.1 Å². The number of amides is 2. The number of hydrogen-bond acceptors (Lipinski definition) is 5. The molecule has 0 aromatic carbocycles. The summed E-state index contributed by atoms with van der Waals surface area (Å²) >= 11 is 5.67. The molecule has 1 aromatic rings. The van der Waals surface area contributed by atoms with Crippen LogP contribution in [0.25, 0.3) is 0 Å². The van der Waals surface area contributed by atoms with Crippen molar-refractivity contribution in [3.05, 3.63) is 33.1 Å². The molecule has 1 atom stereocenters. The number of nitro groups is 1. The molecule has 0 radical (unpaired) electrons. The quantitative estimate of drug-likeness (QED) is 0.509. The minimum Gasteiger partial charge on any atom is -0.347 e. The van der Waals surface area contributed by atoms with Gasteiger partial charge in [-0.05, 0) is 12.5 Å². The van der Waals surface area contributed by atoms with Crippen LogP contribution in [0.1, 0.15) is 23.2 Å². The first kappa shape index (κ1) is 15.2. The minimum atomic E-state index is -0.735. The van der Waals surface area contributed by atoms with Crippen LogP contribution in [0.15, 0.2) is 12.3 Å². The molecule has 0 spiro atoms. The van der Waals surface area contributed by atoms with E-state index in [2.05, 4.69) is 10.3 Å². The number of hydrogen-bond donors (Lipinski definition) is 1. The van der Waals surface area contributed by atoms with E-state index in [1.54, 1.807) is 7.05 Å². The molecule has 0 bridgehead atoms. The Morgan fingerprint density at radius 2 is 2.33 bits per heavy atom. The number of halogens is 1. The van der Waals surface area contributed by atoms with E-state index in [4.69, 9.17) is 11.6 Å². The van der Waals surface area contributed by atoms with Crippen molar-refractivity contribution < 1.29 is 14.5 Å². The highest BCUT2D eigenvalue weighted by Crippen LogP contribution is 2.26. The normalized spacial score (nSPS) is 18.5. The Bertz CT molecular complexity index is 607. The van der Waals surface area contributed by atoms with E-state index >= 15 is 0 Å². The average Bonchev–Trinajstić information content (AvgIpc) is 2.42. The van der Waals surface area contributed by atoms with Crippen LogP contribution in [0.5, 0.6) is 0 Å². The van der Waals surface area contributed by atoms with Crippen LogP contribution < -0.4 is 5.32 Å². The highest BCUT2D eigenvalue weighted by molar-refractivity contribution is 6.32. The van der Waals surface area contributed by atoms with Gasteiger partial charge >= 0.3 is 5.69 Å². The fourth-order valence-electron chi connectivity index (χ4n) is 2.18. The fraction of sp³-hybridized carbons (Fsp3) is 0.417. The van der Waals surface area contributed by atoms with Gasteiger partial charge in [0.05, 0.1) is 4.92 Å². The summed E-state index contributed by atoms with van der Waals surface area (Å²) in [6.07, 6.45) is 2.07. The van der Waals surface area contributed by atoms with Crippen LogP contribution in [0.3, 0.4) is 0 Å². The van der Waals surface area contributed by atoms with Crippen LogP contribution in [0, 0.1) is 10.1 Å². The molecule has 1 saturated heterocycles. The lowest BCUT2D eigenvalue weighted by molar-refractivity contribution is -0.385. The first-order chi connectivity index (χ1) is 9.90. The second-order valence-electron chi connectivity index (χ2n) is 4.74. The van der Waals surface area contributed by atoms with Crippen LogP contribution in [0.2, 0.25) is 5.15 Å². The molecule has 2 rings (SSSR count). The molecule has 1 fully saturated rings. The number of likely N-dealkylation sites (tertiary alicyclic amines) is 1. The molecule has 2 heterocycles. The number of aromatic nitrogens is 1. The molecule has 8 nitrogen and oxygen atoms in total. The SMILES string of the molecule is CN1CC(NC(=O)c2ccnc(Cl)c2[N+](=O)[O-])CCC1=O. The van der Waals surface area contributed by atoms with E-state index in [0.29, 0.717) is 19.4 Å². The molecular weight excluding hydrogens is 300 g/mol. The van der Waals surface area contributed by atoms with E-state index in [-0.39, 0.29) is 22.7 Å². The lowest BCUT2D eigenvalue weighted by Crippen LogP contribution is -2.48. The topological polar surface area (TPSA) is 105 Å². The average molecular weight is 313 g/mol. The fourth-order valence-corrected chi connectivity index (χ4v) is 2.41. The van der Waals surface area contributed by atoms with Crippen molar-refractivity contribution in [1.82, 2.24) is 15.2 Å². The monoisotopic (exact) mass is 312 g/mol. The molecule has 2 amide bonds. The molecule has 1 aromatic heterocycles. The zero-order chi connectivity index (χ0) is 15.6. The number of nitrogens with one attached hydrogen (secondary N) is 1. The Labute approximate surface area is 125 Å². The Hall–Kier alpha value is -2.22. The third-order valence-corrected chi connectivity index (χ3v) is 3.55. The minimum absolute atomic E-state index is 0.0124. The summed E-state index contributed by atoms with van der Waals surface area (Å²) in [4.78, 5) is 38.9. The zero-order valence-corrected chi connectivity index (χ0v) is 12.0. The molecule has 1 aliphatic rings. The maximum Gasteiger partial charge on any atom is 0.319 e. The maximum absolute atomic E-state index is 12.2. The summed E-state index contributed by atoms with van der Waals surface area (Å²) in [5.74, 6) is -0.586. The molecule has 112 valence electrons. The number of carbonyl (C=O) groups is 2. The number of piperidine rings is 1. The Morgan fingerprint density at radius 3 is 2.95 bits per heavy atom. The van der Waals surface area contributed by atoms with Crippen molar-refractivity contribution in [3.8, 4) is 0 Å². The van der Waals surface area contributed by atoms with Gasteiger partial charge < -0.3 is 10.2 Å². The van der Waals surface area contributed by atoms with Crippen LogP contribution in [-0.2, 0) is 4.79 Å². The zero-order valence-electron chi connectivity index (χ0n) is 11.2. The summed E-state index contributed by atoms with van der Waals surface area (Å²) in [6.45, 7) is 0.372. The molecule has 9 heteroatoms. The summed E-state index contributed by atoms with van der Waals surface area (Å²) in [6, 6.07) is 1.00. The van der Waals surface area contributed by atoms with Gasteiger partial charge in [-0.2, -0.15) is 0 Å². The van der Waals surface area contributed by atoms with Gasteiger partial charge in [0.1, 0.15) is 5.56 Å². The number of likely N-dealkylation sites (N-methyl/N-ethyl adjacent to an activating group) is 1. The van der Waals surface area contributed by atoms with Crippen molar-refractivity contribution in [2.75, 3.05) is 13.6 Å². The van der Waals surface area contributed by atoms with Crippen molar-refractivity contribution >= 4 is 29.1 Å². The van der Waals surface area contributed by atoms with Gasteiger partial charge in [-0.3, -0.25) is 19.7 Å². The predicted octanol–water partition coefficient (Wildman–Crippen LogP) is 0.994. The summed E-state index contributed by atoms with van der Waals surface area (Å²) < 4.78 is 0. The first-order valence-corrected chi connectivity index (χ1v) is 6.61. The van der Waals surface area contributed by atoms with Crippen molar-refractivity contribution in [2.24, 2.45) is 0 Å². The third-order valence-electron chi connectivity index (χ3n) is 3.27. The molecule has 1 unspecified atom stereocenters. The van der Waals surface area contributed by atoms with Gasteiger partial charge in [-0.25, -0.2) is 4.98 Å². The van der Waals surface area contributed by atoms with Gasteiger partial charge in [-0.15, -0.1) is 0 Å². The second kappa shape index (κ2) is 6.04. The van der Waals surface area contributed by atoms with E-state index < -0.39 is 16.5 Å². The Morgan fingerprint density at radius 1 is 1.62 bits per heavy atom. The number of pyridine rings is 1. The van der Waals surface area contributed by atoms with Gasteiger partial charge in [0.25, 0.3) is 5.91 Å². The standard InChI is InChI=1S/C12H13ClN4O4/c1-16-6-7(2-3-9(16)18)15-12(19)8-4-5-14-11(13)10(8)17(20)21/h4-5,7H,2-3,6H2,1H3,(H,15,19). The van der Waals surface area contributed by atoms with E-state index in [9.17, 15) is 19.7 Å². The van der Waals surface area contributed by atoms with E-state index in [1.807, 2.05) is 0 Å². The first-order valence-electron chi connectivity index (χ1n) is 6.24. The highest BCUT2D eigenvalue weighted by atomic mass is 35.5. The second-order valence-corrected chi connectivity index (χ2v) is 5.10. The molecular formula is C12H13ClN4O4. The summed E-state index contributed by atoms with van der Waals surface area (Å²) in [5, 5.41) is 13.3. The van der Waals surface area contributed by atoms with Crippen molar-refractivity contribution in [2.45, 2.75) is 18.9 Å². The van der Waals surface area contributed by atoms with Gasteiger partial charge in [0.15, 0.2) is 0 Å². The lowest BCUT2D eigenvalue weighted by Gasteiger charge is -2.30. The Balaban J connectivity index is 2.16. The lowest BCUT2D eigenvalue weighted by atomic mass is 10.0. The van der Waals surface area contributed by atoms with Crippen molar-refractivity contribution in [3.63, 3.8) is 0 Å². The molecule has 0 saturated carbocycles. The van der Waals surface area contributed by atoms with E-state index in [1.165, 1.54) is 17.2 Å². The third kappa shape index (κ3) is 3.27. The highest BCUT2D eigenvalue weighted by Gasteiger charge is 2.28. The summed E-state index contributed by atoms with van der Waals surface area (Å²) in [5.41, 5.74) is -0.656. The summed E-state index contributed by atoms with van der Waals surface area (Å²) in [7, 11) is 1.65. The molecule has 1 aliphatic heterocycles. The van der Waals surface area contributed by atoms with Crippen molar-refractivity contribution in [1.29, 1.82) is 0 Å². The van der Waals surface area contributed by atoms with Crippen LogP contribution in [-0.4, -0.2) is 46.3 Å². The Kier molecular flexibility index (Phi) is 4.37.